The third kappa shape index (κ3) is 2.43. The Morgan fingerprint density at radius 1 is 1.39 bits per heavy atom. The fourth-order valence-corrected chi connectivity index (χ4v) is 2.06. The van der Waals surface area contributed by atoms with Crippen LogP contribution in [0.3, 0.4) is 0 Å². The molecule has 1 atom stereocenters. The van der Waals surface area contributed by atoms with Gasteiger partial charge in [-0.05, 0) is 18.9 Å². The largest absolute Gasteiger partial charge is 0.398 e. The Morgan fingerprint density at radius 3 is 2.72 bits per heavy atom. The molecule has 1 aromatic rings. The summed E-state index contributed by atoms with van der Waals surface area (Å²) in [5.41, 5.74) is 5.35. The maximum absolute atomic E-state index is 13.1. The lowest BCUT2D eigenvalue weighted by Crippen LogP contribution is -2.42. The Balaban J connectivity index is 2.25. The first kappa shape index (κ1) is 12.8. The Labute approximate surface area is 103 Å². The molecule has 6 heteroatoms. The normalized spacial score (nSPS) is 19.9. The highest BCUT2D eigenvalue weighted by Gasteiger charge is 2.25. The van der Waals surface area contributed by atoms with Crippen molar-refractivity contribution >= 4 is 11.6 Å². The number of rotatable bonds is 1. The molecule has 0 aromatic heterocycles. The summed E-state index contributed by atoms with van der Waals surface area (Å²) >= 11 is 0. The van der Waals surface area contributed by atoms with E-state index in [-0.39, 0.29) is 17.8 Å². The van der Waals surface area contributed by atoms with Crippen LogP contribution in [0.5, 0.6) is 0 Å². The smallest absolute Gasteiger partial charge is 0.256 e. The molecule has 3 N–H and O–H groups in total. The van der Waals surface area contributed by atoms with Gasteiger partial charge in [-0.15, -0.1) is 0 Å². The van der Waals surface area contributed by atoms with Gasteiger partial charge in [-0.1, -0.05) is 0 Å². The van der Waals surface area contributed by atoms with Gasteiger partial charge in [0, 0.05) is 24.8 Å². The van der Waals surface area contributed by atoms with Crippen LogP contribution in [0.15, 0.2) is 12.1 Å². The van der Waals surface area contributed by atoms with E-state index in [4.69, 9.17) is 5.73 Å². The highest BCUT2D eigenvalue weighted by atomic mass is 19.2. The number of carbonyl (C=O) groups is 1. The summed E-state index contributed by atoms with van der Waals surface area (Å²) in [5.74, 6) is -2.67. The van der Waals surface area contributed by atoms with Crippen molar-refractivity contribution in [3.8, 4) is 0 Å². The first-order valence-electron chi connectivity index (χ1n) is 5.71. The second-order valence-corrected chi connectivity index (χ2v) is 4.40. The highest BCUT2D eigenvalue weighted by molar-refractivity contribution is 5.99. The van der Waals surface area contributed by atoms with Crippen molar-refractivity contribution in [3.63, 3.8) is 0 Å². The zero-order valence-corrected chi connectivity index (χ0v) is 9.70. The Hall–Kier alpha value is -1.69. The zero-order chi connectivity index (χ0) is 13.3. The first-order chi connectivity index (χ1) is 8.49. The maximum Gasteiger partial charge on any atom is 0.256 e. The molecule has 1 heterocycles. The summed E-state index contributed by atoms with van der Waals surface area (Å²) in [6.07, 6.45) is 0.738. The fourth-order valence-electron chi connectivity index (χ4n) is 2.06. The summed E-state index contributed by atoms with van der Waals surface area (Å²) in [7, 11) is 0. The van der Waals surface area contributed by atoms with E-state index in [9.17, 15) is 18.7 Å². The van der Waals surface area contributed by atoms with Crippen LogP contribution in [0.2, 0.25) is 0 Å². The number of carbonyl (C=O) groups excluding carboxylic acids is 1. The molecule has 1 aliphatic rings. The van der Waals surface area contributed by atoms with Gasteiger partial charge in [0.05, 0.1) is 11.7 Å². The monoisotopic (exact) mass is 256 g/mol. The van der Waals surface area contributed by atoms with Crippen LogP contribution in [0.1, 0.15) is 23.2 Å². The van der Waals surface area contributed by atoms with Crippen molar-refractivity contribution in [2.45, 2.75) is 18.9 Å². The predicted octanol–water partition coefficient (Wildman–Crippen LogP) is 1.14. The first-order valence-corrected chi connectivity index (χ1v) is 5.71. The van der Waals surface area contributed by atoms with Gasteiger partial charge in [0.1, 0.15) is 0 Å². The van der Waals surface area contributed by atoms with E-state index in [1.165, 1.54) is 4.90 Å². The number of nitrogens with two attached hydrogens (primary N) is 1. The Kier molecular flexibility index (Phi) is 3.47. The summed E-state index contributed by atoms with van der Waals surface area (Å²) in [6.45, 7) is 0.672. The number of β-amino-alcohol motifs (C(OH)–C–C–N with tert-alkyl or cyclic N) is 1. The molecule has 1 fully saturated rings. The molecular weight excluding hydrogens is 242 g/mol. The van der Waals surface area contributed by atoms with Crippen molar-refractivity contribution in [2.75, 3.05) is 18.8 Å². The standard InChI is InChI=1S/C12H14F2N2O2/c13-9-4-8(11(15)5-10(9)14)12(18)16-3-1-2-7(17)6-16/h4-5,7,17H,1-3,6,15H2. The molecule has 18 heavy (non-hydrogen) atoms. The van der Waals surface area contributed by atoms with Gasteiger partial charge in [0.2, 0.25) is 0 Å². The molecule has 4 nitrogen and oxygen atoms in total. The third-order valence-corrected chi connectivity index (χ3v) is 3.01. The number of hydrogen-bond donors (Lipinski definition) is 2. The van der Waals surface area contributed by atoms with E-state index < -0.39 is 23.6 Å². The maximum atomic E-state index is 13.1. The summed E-state index contributed by atoms with van der Waals surface area (Å²) in [6, 6.07) is 1.59. The molecule has 0 bridgehead atoms. The highest BCUT2D eigenvalue weighted by Crippen LogP contribution is 2.21. The molecule has 2 rings (SSSR count). The van der Waals surface area contributed by atoms with Gasteiger partial charge < -0.3 is 15.7 Å². The molecule has 1 aliphatic heterocycles. The fraction of sp³-hybridized carbons (Fsp3) is 0.417. The molecule has 0 spiro atoms. The zero-order valence-electron chi connectivity index (χ0n) is 9.70. The second kappa shape index (κ2) is 4.89. The lowest BCUT2D eigenvalue weighted by atomic mass is 10.1. The van der Waals surface area contributed by atoms with Crippen LogP contribution < -0.4 is 5.73 Å². The Morgan fingerprint density at radius 2 is 2.06 bits per heavy atom. The van der Waals surface area contributed by atoms with Crippen LogP contribution in [0.4, 0.5) is 14.5 Å². The van der Waals surface area contributed by atoms with Gasteiger partial charge in [0.15, 0.2) is 11.6 Å². The van der Waals surface area contributed by atoms with Crippen LogP contribution in [-0.2, 0) is 0 Å². The van der Waals surface area contributed by atoms with E-state index in [1.54, 1.807) is 0 Å². The van der Waals surface area contributed by atoms with Gasteiger partial charge >= 0.3 is 0 Å². The Bertz CT molecular complexity index is 479. The average molecular weight is 256 g/mol. The van der Waals surface area contributed by atoms with Crippen LogP contribution in [0, 0.1) is 11.6 Å². The third-order valence-electron chi connectivity index (χ3n) is 3.01. The number of piperidine rings is 1. The van der Waals surface area contributed by atoms with E-state index >= 15 is 0 Å². The minimum atomic E-state index is -1.11. The van der Waals surface area contributed by atoms with Crippen molar-refractivity contribution in [2.24, 2.45) is 0 Å². The number of likely N-dealkylation sites (tertiary alicyclic amines) is 1. The molecular formula is C12H14F2N2O2. The lowest BCUT2D eigenvalue weighted by Gasteiger charge is -2.30. The van der Waals surface area contributed by atoms with Crippen LogP contribution in [0.25, 0.3) is 0 Å². The number of amides is 1. The number of aliphatic hydroxyl groups is 1. The van der Waals surface area contributed by atoms with E-state index in [0.29, 0.717) is 19.4 Å². The molecule has 0 aliphatic carbocycles. The summed E-state index contributed by atoms with van der Waals surface area (Å²) in [5, 5.41) is 9.48. The molecule has 0 saturated carbocycles. The molecule has 1 aromatic carbocycles. The van der Waals surface area contributed by atoms with E-state index in [2.05, 4.69) is 0 Å². The predicted molar refractivity (Wildman–Crippen MR) is 61.9 cm³/mol. The quantitative estimate of drug-likeness (QED) is 0.740. The van der Waals surface area contributed by atoms with Crippen LogP contribution >= 0.6 is 0 Å². The van der Waals surface area contributed by atoms with Crippen molar-refractivity contribution < 1.29 is 18.7 Å². The van der Waals surface area contributed by atoms with E-state index in [0.717, 1.165) is 12.1 Å². The molecule has 1 unspecified atom stereocenters. The number of nitrogens with zero attached hydrogens (tertiary/aromatic N) is 1. The number of anilines is 1. The molecule has 1 saturated heterocycles. The second-order valence-electron chi connectivity index (χ2n) is 4.40. The summed E-state index contributed by atoms with van der Waals surface area (Å²) < 4.78 is 26.0. The molecule has 1 amide bonds. The minimum absolute atomic E-state index is 0.0667. The number of hydrogen-bond acceptors (Lipinski definition) is 3. The van der Waals surface area contributed by atoms with Gasteiger partial charge in [-0.25, -0.2) is 8.78 Å². The lowest BCUT2D eigenvalue weighted by molar-refractivity contribution is 0.0474. The summed E-state index contributed by atoms with van der Waals surface area (Å²) in [4.78, 5) is 13.5. The SMILES string of the molecule is Nc1cc(F)c(F)cc1C(=O)N1CCCC(O)C1. The van der Waals surface area contributed by atoms with Gasteiger partial charge in [0.25, 0.3) is 5.91 Å². The van der Waals surface area contributed by atoms with Crippen molar-refractivity contribution in [1.82, 2.24) is 4.90 Å². The minimum Gasteiger partial charge on any atom is -0.398 e. The van der Waals surface area contributed by atoms with E-state index in [1.807, 2.05) is 0 Å². The van der Waals surface area contributed by atoms with Gasteiger partial charge in [-0.3, -0.25) is 4.79 Å². The van der Waals surface area contributed by atoms with Crippen molar-refractivity contribution in [1.29, 1.82) is 0 Å². The number of nitrogen functional groups attached to an aromatic ring is 1. The van der Waals surface area contributed by atoms with Crippen molar-refractivity contribution in [3.05, 3.63) is 29.3 Å². The average Bonchev–Trinajstić information content (AvgIpc) is 2.33. The number of halogens is 2. The molecule has 0 radical (unpaired) electrons. The number of benzene rings is 1. The van der Waals surface area contributed by atoms with Crippen LogP contribution in [-0.4, -0.2) is 35.1 Å². The topological polar surface area (TPSA) is 66.6 Å². The number of aliphatic hydroxyl groups excluding tert-OH is 1. The van der Waals surface area contributed by atoms with Gasteiger partial charge in [-0.2, -0.15) is 0 Å². The molecule has 98 valence electrons.